The average molecular weight is 254 g/mol. The summed E-state index contributed by atoms with van der Waals surface area (Å²) in [5.41, 5.74) is 3.21. The number of nitrogens with zero attached hydrogens (tertiary/aromatic N) is 2. The fourth-order valence-corrected chi connectivity index (χ4v) is 2.67. The fourth-order valence-electron chi connectivity index (χ4n) is 2.67. The van der Waals surface area contributed by atoms with Crippen molar-refractivity contribution in [2.24, 2.45) is 5.41 Å². The Labute approximate surface area is 112 Å². The molecule has 4 nitrogen and oxygen atoms in total. The third kappa shape index (κ3) is 2.34. The third-order valence-electron chi connectivity index (χ3n) is 4.01. The number of H-pyrrole nitrogens is 1. The number of aromatic amines is 1. The predicted octanol–water partition coefficient (Wildman–Crippen LogP) is 2.65. The molecule has 0 amide bonds. The highest BCUT2D eigenvalue weighted by Gasteiger charge is 2.36. The number of hydrogen-bond acceptors (Lipinski definition) is 3. The largest absolute Gasteiger partial charge is 0.342 e. The van der Waals surface area contributed by atoms with E-state index < -0.39 is 0 Å². The molecule has 2 aromatic rings. The van der Waals surface area contributed by atoms with Gasteiger partial charge in [-0.25, -0.2) is 4.98 Å². The van der Waals surface area contributed by atoms with E-state index in [0.29, 0.717) is 0 Å². The molecule has 0 spiro atoms. The van der Waals surface area contributed by atoms with Crippen LogP contribution in [0.2, 0.25) is 0 Å². The Morgan fingerprint density at radius 2 is 2.32 bits per heavy atom. The average Bonchev–Trinajstić information content (AvgIpc) is 2.72. The summed E-state index contributed by atoms with van der Waals surface area (Å²) in [6, 6.07) is 8.72. The van der Waals surface area contributed by atoms with Crippen molar-refractivity contribution in [3.8, 4) is 6.07 Å². The van der Waals surface area contributed by atoms with E-state index in [2.05, 4.69) is 33.5 Å². The maximum atomic E-state index is 9.17. The topological polar surface area (TPSA) is 64.5 Å². The number of aryl methyl sites for hydroxylation is 1. The number of aromatic nitrogens is 2. The van der Waals surface area contributed by atoms with Gasteiger partial charge in [0.05, 0.1) is 22.5 Å². The number of nitrogens with one attached hydrogen (secondary N) is 2. The van der Waals surface area contributed by atoms with E-state index >= 15 is 0 Å². The maximum Gasteiger partial charge on any atom is 0.104 e. The highest BCUT2D eigenvalue weighted by molar-refractivity contribution is 5.75. The molecule has 3 rings (SSSR count). The number of fused-ring (bicyclic) bond motifs is 1. The molecule has 1 fully saturated rings. The molecule has 1 aromatic carbocycles. The van der Waals surface area contributed by atoms with Crippen LogP contribution in [0.25, 0.3) is 11.0 Å². The Balaban J connectivity index is 1.64. The quantitative estimate of drug-likeness (QED) is 0.881. The molecular formula is C15H18N4. The molecule has 19 heavy (non-hydrogen) atoms. The Morgan fingerprint density at radius 3 is 3.00 bits per heavy atom. The van der Waals surface area contributed by atoms with Crippen LogP contribution in [0.5, 0.6) is 0 Å². The summed E-state index contributed by atoms with van der Waals surface area (Å²) in [4.78, 5) is 7.64. The molecule has 0 atom stereocenters. The molecule has 4 heteroatoms. The number of imidazole rings is 1. The van der Waals surface area contributed by atoms with Gasteiger partial charge in [-0.15, -0.1) is 0 Å². The second-order valence-corrected chi connectivity index (χ2v) is 5.52. The fraction of sp³-hybridized carbons (Fsp3) is 0.467. The Kier molecular flexibility index (Phi) is 3.00. The number of rotatable bonds is 4. The Hall–Kier alpha value is -1.86. The second-order valence-electron chi connectivity index (χ2n) is 5.52. The highest BCUT2D eigenvalue weighted by atomic mass is 14.9. The van der Waals surface area contributed by atoms with Crippen molar-refractivity contribution in [3.63, 3.8) is 0 Å². The normalized spacial score (nSPS) is 17.1. The minimum absolute atomic E-state index is 0.103. The second kappa shape index (κ2) is 4.67. The van der Waals surface area contributed by atoms with Crippen LogP contribution in [-0.2, 0) is 6.54 Å². The van der Waals surface area contributed by atoms with Crippen LogP contribution < -0.4 is 5.32 Å². The van der Waals surface area contributed by atoms with Gasteiger partial charge in [-0.1, -0.05) is 12.5 Å². The predicted molar refractivity (Wildman–Crippen MR) is 74.4 cm³/mol. The van der Waals surface area contributed by atoms with E-state index in [0.717, 1.165) is 42.8 Å². The highest BCUT2D eigenvalue weighted by Crippen LogP contribution is 2.39. The SMILES string of the molecule is Cc1nc2ccc(CNCC3(C#N)CCC3)cc2[nH]1. The van der Waals surface area contributed by atoms with E-state index in [4.69, 9.17) is 0 Å². The third-order valence-corrected chi connectivity index (χ3v) is 4.01. The molecular weight excluding hydrogens is 236 g/mol. The van der Waals surface area contributed by atoms with Crippen LogP contribution in [0.3, 0.4) is 0 Å². The summed E-state index contributed by atoms with van der Waals surface area (Å²) in [5, 5.41) is 12.6. The molecule has 1 aromatic heterocycles. The van der Waals surface area contributed by atoms with Crippen molar-refractivity contribution in [1.82, 2.24) is 15.3 Å². The zero-order chi connectivity index (χ0) is 13.3. The van der Waals surface area contributed by atoms with Gasteiger partial charge in [0.25, 0.3) is 0 Å². The maximum absolute atomic E-state index is 9.17. The lowest BCUT2D eigenvalue weighted by Gasteiger charge is -2.35. The van der Waals surface area contributed by atoms with E-state index in [1.807, 2.05) is 13.0 Å². The standard InChI is InChI=1S/C15H18N4/c1-11-18-13-4-3-12(7-14(13)19-11)8-17-10-15(9-16)5-2-6-15/h3-4,7,17H,2,5-6,8,10H2,1H3,(H,18,19). The zero-order valence-electron chi connectivity index (χ0n) is 11.2. The molecule has 1 heterocycles. The van der Waals surface area contributed by atoms with Gasteiger partial charge < -0.3 is 10.3 Å². The van der Waals surface area contributed by atoms with E-state index in [-0.39, 0.29) is 5.41 Å². The van der Waals surface area contributed by atoms with Crippen molar-refractivity contribution >= 4 is 11.0 Å². The summed E-state index contributed by atoms with van der Waals surface area (Å²) in [7, 11) is 0. The van der Waals surface area contributed by atoms with Gasteiger partial charge in [0, 0.05) is 13.1 Å². The summed E-state index contributed by atoms with van der Waals surface area (Å²) < 4.78 is 0. The first kappa shape index (κ1) is 12.2. The van der Waals surface area contributed by atoms with E-state index in [1.165, 1.54) is 12.0 Å². The Bertz CT molecular complexity index is 631. The number of benzene rings is 1. The molecule has 98 valence electrons. The molecule has 0 radical (unpaired) electrons. The van der Waals surface area contributed by atoms with Crippen LogP contribution in [0.4, 0.5) is 0 Å². The molecule has 1 aliphatic carbocycles. The van der Waals surface area contributed by atoms with Crippen LogP contribution in [0.15, 0.2) is 18.2 Å². The Morgan fingerprint density at radius 1 is 1.47 bits per heavy atom. The first-order chi connectivity index (χ1) is 9.21. The van der Waals surface area contributed by atoms with Crippen molar-refractivity contribution in [2.45, 2.75) is 32.7 Å². The van der Waals surface area contributed by atoms with Gasteiger partial charge in [-0.2, -0.15) is 5.26 Å². The van der Waals surface area contributed by atoms with Gasteiger partial charge in [0.2, 0.25) is 0 Å². The summed E-state index contributed by atoms with van der Waals surface area (Å²) in [6.07, 6.45) is 3.26. The van der Waals surface area contributed by atoms with Crippen molar-refractivity contribution < 1.29 is 0 Å². The van der Waals surface area contributed by atoms with Crippen molar-refractivity contribution in [1.29, 1.82) is 5.26 Å². The summed E-state index contributed by atoms with van der Waals surface area (Å²) in [5.74, 6) is 0.943. The minimum atomic E-state index is -0.103. The molecule has 0 saturated heterocycles. The van der Waals surface area contributed by atoms with Crippen LogP contribution in [-0.4, -0.2) is 16.5 Å². The van der Waals surface area contributed by atoms with E-state index in [9.17, 15) is 5.26 Å². The number of hydrogen-bond donors (Lipinski definition) is 2. The monoisotopic (exact) mass is 254 g/mol. The van der Waals surface area contributed by atoms with Crippen LogP contribution >= 0.6 is 0 Å². The van der Waals surface area contributed by atoms with Gasteiger partial charge in [-0.3, -0.25) is 0 Å². The minimum Gasteiger partial charge on any atom is -0.342 e. The van der Waals surface area contributed by atoms with Crippen LogP contribution in [0, 0.1) is 23.7 Å². The van der Waals surface area contributed by atoms with Gasteiger partial charge in [0.15, 0.2) is 0 Å². The molecule has 2 N–H and O–H groups in total. The molecule has 0 aliphatic heterocycles. The molecule has 1 saturated carbocycles. The lowest BCUT2D eigenvalue weighted by atomic mass is 9.70. The summed E-state index contributed by atoms with van der Waals surface area (Å²) >= 11 is 0. The van der Waals surface area contributed by atoms with Crippen LogP contribution in [0.1, 0.15) is 30.7 Å². The molecule has 0 bridgehead atoms. The lowest BCUT2D eigenvalue weighted by molar-refractivity contribution is 0.206. The first-order valence-corrected chi connectivity index (χ1v) is 6.78. The summed E-state index contributed by atoms with van der Waals surface area (Å²) in [6.45, 7) is 3.56. The smallest absolute Gasteiger partial charge is 0.104 e. The van der Waals surface area contributed by atoms with Crippen molar-refractivity contribution in [2.75, 3.05) is 6.54 Å². The number of nitriles is 1. The zero-order valence-corrected chi connectivity index (χ0v) is 11.2. The molecule has 0 unspecified atom stereocenters. The molecule has 1 aliphatic rings. The lowest BCUT2D eigenvalue weighted by Crippen LogP contribution is -2.38. The van der Waals surface area contributed by atoms with E-state index in [1.54, 1.807) is 0 Å². The van der Waals surface area contributed by atoms with Crippen molar-refractivity contribution in [3.05, 3.63) is 29.6 Å². The first-order valence-electron chi connectivity index (χ1n) is 6.78. The van der Waals surface area contributed by atoms with Gasteiger partial charge in [-0.05, 0) is 37.5 Å². The van der Waals surface area contributed by atoms with Gasteiger partial charge in [0.1, 0.15) is 5.82 Å². The van der Waals surface area contributed by atoms with Gasteiger partial charge >= 0.3 is 0 Å².